The van der Waals surface area contributed by atoms with Crippen molar-refractivity contribution in [1.82, 2.24) is 0 Å². The number of carboxylic acids is 1. The number of piperidine rings is 1. The first-order valence-electron chi connectivity index (χ1n) is 6.74. The van der Waals surface area contributed by atoms with E-state index in [1.807, 2.05) is 12.1 Å². The molecule has 1 heterocycles. The minimum absolute atomic E-state index is 0.323. The van der Waals surface area contributed by atoms with Crippen molar-refractivity contribution in [3.63, 3.8) is 0 Å². The Kier molecular flexibility index (Phi) is 4.24. The maximum absolute atomic E-state index is 11.0. The molecule has 98 valence electrons. The van der Waals surface area contributed by atoms with Crippen molar-refractivity contribution in [3.05, 3.63) is 29.8 Å². The smallest absolute Gasteiger partial charge is 0.306 e. The van der Waals surface area contributed by atoms with Crippen molar-refractivity contribution in [1.29, 1.82) is 0 Å². The van der Waals surface area contributed by atoms with Gasteiger partial charge in [0, 0.05) is 18.8 Å². The second-order valence-corrected chi connectivity index (χ2v) is 5.12. The van der Waals surface area contributed by atoms with Gasteiger partial charge in [0.05, 0.1) is 5.92 Å². The first-order chi connectivity index (χ1) is 8.68. The van der Waals surface area contributed by atoms with Crippen molar-refractivity contribution >= 4 is 11.7 Å². The molecule has 0 aromatic heterocycles. The lowest BCUT2D eigenvalue weighted by atomic mass is 9.98. The van der Waals surface area contributed by atoms with Crippen LogP contribution in [0.4, 0.5) is 5.69 Å². The average molecular weight is 247 g/mol. The molecule has 0 spiro atoms. The highest BCUT2D eigenvalue weighted by atomic mass is 16.4. The fourth-order valence-electron chi connectivity index (χ4n) is 2.54. The summed E-state index contributed by atoms with van der Waals surface area (Å²) in [5.74, 6) is -1.04. The van der Waals surface area contributed by atoms with Crippen LogP contribution in [0.25, 0.3) is 0 Å². The van der Waals surface area contributed by atoms with Gasteiger partial charge in [0.1, 0.15) is 0 Å². The number of carbonyl (C=O) groups is 1. The summed E-state index contributed by atoms with van der Waals surface area (Å²) in [4.78, 5) is 13.4. The van der Waals surface area contributed by atoms with E-state index in [1.54, 1.807) is 6.92 Å². The van der Waals surface area contributed by atoms with Gasteiger partial charge in [-0.2, -0.15) is 0 Å². The van der Waals surface area contributed by atoms with Gasteiger partial charge in [0.15, 0.2) is 0 Å². The number of rotatable bonds is 4. The number of benzene rings is 1. The molecule has 1 aliphatic rings. The lowest BCUT2D eigenvalue weighted by molar-refractivity contribution is -0.141. The fraction of sp³-hybridized carbons (Fsp3) is 0.533. The standard InChI is InChI=1S/C15H21NO2/c1-12(15(17)18)11-13-7-3-4-8-14(13)16-9-5-2-6-10-16/h3-4,7-8,12H,2,5-6,9-11H2,1H3,(H,17,18). The van der Waals surface area contributed by atoms with E-state index in [2.05, 4.69) is 17.0 Å². The van der Waals surface area contributed by atoms with E-state index in [0.29, 0.717) is 6.42 Å². The summed E-state index contributed by atoms with van der Waals surface area (Å²) in [6.07, 6.45) is 4.40. The third-order valence-electron chi connectivity index (χ3n) is 3.64. The summed E-state index contributed by atoms with van der Waals surface area (Å²) >= 11 is 0. The molecule has 1 atom stereocenters. The van der Waals surface area contributed by atoms with Crippen LogP contribution in [0.1, 0.15) is 31.7 Å². The summed E-state index contributed by atoms with van der Waals surface area (Å²) in [6.45, 7) is 3.96. The molecular formula is C15H21NO2. The Bertz CT molecular complexity index is 411. The number of para-hydroxylation sites is 1. The number of aliphatic carboxylic acids is 1. The van der Waals surface area contributed by atoms with E-state index in [1.165, 1.54) is 24.9 Å². The van der Waals surface area contributed by atoms with Gasteiger partial charge in [0.25, 0.3) is 0 Å². The van der Waals surface area contributed by atoms with E-state index >= 15 is 0 Å². The Morgan fingerprint density at radius 3 is 2.61 bits per heavy atom. The van der Waals surface area contributed by atoms with E-state index in [9.17, 15) is 4.79 Å². The lowest BCUT2D eigenvalue weighted by Gasteiger charge is -2.31. The second kappa shape index (κ2) is 5.89. The van der Waals surface area contributed by atoms with Gasteiger partial charge in [-0.3, -0.25) is 4.79 Å². The third-order valence-corrected chi connectivity index (χ3v) is 3.64. The third kappa shape index (κ3) is 3.03. The predicted molar refractivity (Wildman–Crippen MR) is 73.0 cm³/mol. The van der Waals surface area contributed by atoms with Crippen molar-refractivity contribution in [2.24, 2.45) is 5.92 Å². The molecule has 1 aromatic rings. The Balaban J connectivity index is 2.16. The molecule has 1 aliphatic heterocycles. The van der Waals surface area contributed by atoms with Gasteiger partial charge in [-0.15, -0.1) is 0 Å². The molecule has 0 amide bonds. The van der Waals surface area contributed by atoms with E-state index in [4.69, 9.17) is 5.11 Å². The highest BCUT2D eigenvalue weighted by molar-refractivity contribution is 5.70. The zero-order valence-electron chi connectivity index (χ0n) is 10.9. The van der Waals surface area contributed by atoms with Gasteiger partial charge in [-0.25, -0.2) is 0 Å². The first-order valence-corrected chi connectivity index (χ1v) is 6.74. The monoisotopic (exact) mass is 247 g/mol. The van der Waals surface area contributed by atoms with E-state index < -0.39 is 5.97 Å². The molecule has 1 unspecified atom stereocenters. The maximum Gasteiger partial charge on any atom is 0.306 e. The summed E-state index contributed by atoms with van der Waals surface area (Å²) in [7, 11) is 0. The molecule has 3 nitrogen and oxygen atoms in total. The summed E-state index contributed by atoms with van der Waals surface area (Å²) in [5, 5.41) is 9.03. The Labute approximate surface area is 108 Å². The summed E-state index contributed by atoms with van der Waals surface area (Å²) in [6, 6.07) is 8.22. The lowest BCUT2D eigenvalue weighted by Crippen LogP contribution is -2.30. The molecule has 2 rings (SSSR count). The van der Waals surface area contributed by atoms with Crippen molar-refractivity contribution in [2.75, 3.05) is 18.0 Å². The largest absolute Gasteiger partial charge is 0.481 e. The van der Waals surface area contributed by atoms with Crippen LogP contribution in [-0.4, -0.2) is 24.2 Å². The van der Waals surface area contributed by atoms with Crippen molar-refractivity contribution < 1.29 is 9.90 Å². The Morgan fingerprint density at radius 2 is 1.94 bits per heavy atom. The van der Waals surface area contributed by atoms with Crippen LogP contribution in [0.15, 0.2) is 24.3 Å². The molecule has 1 aromatic carbocycles. The van der Waals surface area contributed by atoms with E-state index in [-0.39, 0.29) is 5.92 Å². The van der Waals surface area contributed by atoms with Crippen LogP contribution in [-0.2, 0) is 11.2 Å². The minimum Gasteiger partial charge on any atom is -0.481 e. The van der Waals surface area contributed by atoms with Gasteiger partial charge in [-0.05, 0) is 37.3 Å². The molecular weight excluding hydrogens is 226 g/mol. The summed E-state index contributed by atoms with van der Waals surface area (Å²) < 4.78 is 0. The molecule has 1 fully saturated rings. The van der Waals surface area contributed by atoms with Crippen LogP contribution in [0.3, 0.4) is 0 Å². The molecule has 3 heteroatoms. The number of anilines is 1. The Morgan fingerprint density at radius 1 is 1.28 bits per heavy atom. The molecule has 1 N–H and O–H groups in total. The van der Waals surface area contributed by atoms with Gasteiger partial charge >= 0.3 is 5.97 Å². The predicted octanol–water partition coefficient (Wildman–Crippen LogP) is 2.94. The zero-order valence-corrected chi connectivity index (χ0v) is 10.9. The number of nitrogens with zero attached hydrogens (tertiary/aromatic N) is 1. The molecule has 0 radical (unpaired) electrons. The fourth-order valence-corrected chi connectivity index (χ4v) is 2.54. The van der Waals surface area contributed by atoms with E-state index in [0.717, 1.165) is 18.7 Å². The highest BCUT2D eigenvalue weighted by Gasteiger charge is 2.17. The zero-order chi connectivity index (χ0) is 13.0. The Hall–Kier alpha value is -1.51. The molecule has 0 saturated carbocycles. The SMILES string of the molecule is CC(Cc1ccccc1N1CCCCC1)C(=O)O. The molecule has 0 bridgehead atoms. The van der Waals surface area contributed by atoms with Crippen molar-refractivity contribution in [3.8, 4) is 0 Å². The van der Waals surface area contributed by atoms with Gasteiger partial charge in [-0.1, -0.05) is 25.1 Å². The minimum atomic E-state index is -0.719. The number of hydrogen-bond donors (Lipinski definition) is 1. The quantitative estimate of drug-likeness (QED) is 0.889. The maximum atomic E-state index is 11.0. The van der Waals surface area contributed by atoms with Gasteiger partial charge < -0.3 is 10.0 Å². The van der Waals surface area contributed by atoms with Gasteiger partial charge in [0.2, 0.25) is 0 Å². The number of hydrogen-bond acceptors (Lipinski definition) is 2. The average Bonchev–Trinajstić information content (AvgIpc) is 2.40. The molecule has 18 heavy (non-hydrogen) atoms. The highest BCUT2D eigenvalue weighted by Crippen LogP contribution is 2.26. The normalized spacial score (nSPS) is 17.5. The van der Waals surface area contributed by atoms with Crippen LogP contribution < -0.4 is 4.90 Å². The van der Waals surface area contributed by atoms with Crippen LogP contribution in [0.2, 0.25) is 0 Å². The topological polar surface area (TPSA) is 40.5 Å². The van der Waals surface area contributed by atoms with Crippen molar-refractivity contribution in [2.45, 2.75) is 32.6 Å². The molecule has 0 aliphatic carbocycles. The number of carboxylic acid groups (broad SMARTS) is 1. The first kappa shape index (κ1) is 12.9. The second-order valence-electron chi connectivity index (χ2n) is 5.12. The molecule has 1 saturated heterocycles. The van der Waals surface area contributed by atoms with Crippen LogP contribution in [0.5, 0.6) is 0 Å². The van der Waals surface area contributed by atoms with Crippen LogP contribution in [0, 0.1) is 5.92 Å². The summed E-state index contributed by atoms with van der Waals surface area (Å²) in [5.41, 5.74) is 2.39. The van der Waals surface area contributed by atoms with Crippen LogP contribution >= 0.6 is 0 Å².